The van der Waals surface area contributed by atoms with E-state index in [4.69, 9.17) is 5.14 Å². The first-order valence-corrected chi connectivity index (χ1v) is 13.2. The van der Waals surface area contributed by atoms with E-state index in [0.717, 1.165) is 12.2 Å². The number of nitrogens with zero attached hydrogens (tertiary/aromatic N) is 6. The average molecular weight is 495 g/mol. The number of hydrogen-bond acceptors (Lipinski definition) is 10. The summed E-state index contributed by atoms with van der Waals surface area (Å²) in [5.41, 5.74) is 0.330. The van der Waals surface area contributed by atoms with Crippen LogP contribution in [-0.4, -0.2) is 72.9 Å². The van der Waals surface area contributed by atoms with Crippen LogP contribution in [-0.2, 0) is 26.6 Å². The molecule has 1 atom stereocenters. The van der Waals surface area contributed by atoms with Gasteiger partial charge in [0.05, 0.1) is 17.4 Å². The molecule has 2 aliphatic heterocycles. The molecule has 3 aromatic rings. The van der Waals surface area contributed by atoms with E-state index in [1.54, 1.807) is 16.9 Å². The quantitative estimate of drug-likeness (QED) is 0.326. The van der Waals surface area contributed by atoms with Gasteiger partial charge in [0.1, 0.15) is 15.6 Å². The van der Waals surface area contributed by atoms with Gasteiger partial charge in [0, 0.05) is 31.7 Å². The van der Waals surface area contributed by atoms with Gasteiger partial charge < -0.3 is 10.2 Å². The second kappa shape index (κ2) is 8.14. The van der Waals surface area contributed by atoms with Gasteiger partial charge in [0.15, 0.2) is 0 Å². The number of primary sulfonamides is 1. The standard InChI is InChI=1S/C17H22N10O4S2/c18-32(28,29)16-13(33(30,31)23-11-4-6-19-10-11)3-2-12(15(16)17-21-24-25-22-17)26-8-1-9-27-14(26)5-7-20-27/h2-3,5,7,11,19,23H,1,4,6,8-10H2,(H2,18,28,29)(H,21,22,24,25)/t11-/m1/s1. The number of nitrogens with one attached hydrogen (secondary N) is 3. The second-order valence-electron chi connectivity index (χ2n) is 7.80. The average Bonchev–Trinajstić information content (AvgIpc) is 3.53. The van der Waals surface area contributed by atoms with Gasteiger partial charge in [0.2, 0.25) is 25.9 Å². The van der Waals surface area contributed by atoms with Gasteiger partial charge in [0.25, 0.3) is 0 Å². The minimum Gasteiger partial charge on any atom is -0.326 e. The highest BCUT2D eigenvalue weighted by Gasteiger charge is 2.35. The predicted octanol–water partition coefficient (Wildman–Crippen LogP) is -1.11. The summed E-state index contributed by atoms with van der Waals surface area (Å²) in [5, 5.41) is 26.7. The number of hydrogen-bond donors (Lipinski definition) is 4. The largest absolute Gasteiger partial charge is 0.326 e. The fourth-order valence-corrected chi connectivity index (χ4v) is 7.13. The molecule has 0 radical (unpaired) electrons. The van der Waals surface area contributed by atoms with Crippen molar-refractivity contribution in [2.45, 2.75) is 35.2 Å². The normalized spacial score (nSPS) is 19.1. The van der Waals surface area contributed by atoms with Crippen LogP contribution in [0.5, 0.6) is 0 Å². The Morgan fingerprint density at radius 2 is 2.00 bits per heavy atom. The lowest BCUT2D eigenvalue weighted by Crippen LogP contribution is -2.37. The first-order chi connectivity index (χ1) is 15.8. The topological polar surface area (TPSA) is 194 Å². The third-order valence-corrected chi connectivity index (χ3v) is 8.32. The Bertz CT molecular complexity index is 1380. The third kappa shape index (κ3) is 3.99. The van der Waals surface area contributed by atoms with Crippen molar-refractivity contribution in [3.63, 3.8) is 0 Å². The van der Waals surface area contributed by atoms with E-state index in [2.05, 4.69) is 35.8 Å². The Labute approximate surface area is 189 Å². The number of aromatic amines is 1. The SMILES string of the molecule is NS(=O)(=O)c1c(S(=O)(=O)N[C@@H]2CCNC2)ccc(N2CCCn3nccc32)c1-c1nn[nH]n1. The summed E-state index contributed by atoms with van der Waals surface area (Å²) in [4.78, 5) is 0.782. The van der Waals surface area contributed by atoms with E-state index in [1.807, 2.05) is 4.90 Å². The minimum atomic E-state index is -4.54. The highest BCUT2D eigenvalue weighted by Crippen LogP contribution is 2.41. The molecule has 1 aromatic carbocycles. The molecule has 0 bridgehead atoms. The maximum absolute atomic E-state index is 13.3. The molecule has 5 rings (SSSR count). The smallest absolute Gasteiger partial charge is 0.242 e. The van der Waals surface area contributed by atoms with Crippen LogP contribution in [0.3, 0.4) is 0 Å². The molecule has 176 valence electrons. The molecule has 4 heterocycles. The Morgan fingerprint density at radius 3 is 2.70 bits per heavy atom. The van der Waals surface area contributed by atoms with Crippen LogP contribution in [0.25, 0.3) is 11.4 Å². The van der Waals surface area contributed by atoms with E-state index < -0.39 is 29.8 Å². The summed E-state index contributed by atoms with van der Waals surface area (Å²) >= 11 is 0. The van der Waals surface area contributed by atoms with E-state index >= 15 is 0 Å². The lowest BCUT2D eigenvalue weighted by atomic mass is 10.1. The first-order valence-electron chi connectivity index (χ1n) is 10.2. The molecular weight excluding hydrogens is 472 g/mol. The van der Waals surface area contributed by atoms with Crippen molar-refractivity contribution in [2.75, 3.05) is 24.5 Å². The number of tetrazole rings is 1. The molecule has 0 aliphatic carbocycles. The van der Waals surface area contributed by atoms with Gasteiger partial charge in [-0.05, 0) is 36.7 Å². The molecule has 0 spiro atoms. The highest BCUT2D eigenvalue weighted by molar-refractivity contribution is 7.92. The van der Waals surface area contributed by atoms with E-state index in [1.165, 1.54) is 12.1 Å². The number of fused-ring (bicyclic) bond motifs is 1. The van der Waals surface area contributed by atoms with Crippen molar-refractivity contribution in [3.05, 3.63) is 24.4 Å². The van der Waals surface area contributed by atoms with Crippen LogP contribution in [0.1, 0.15) is 12.8 Å². The van der Waals surface area contributed by atoms with Gasteiger partial charge in [-0.1, -0.05) is 0 Å². The van der Waals surface area contributed by atoms with Crippen LogP contribution in [0, 0.1) is 0 Å². The van der Waals surface area contributed by atoms with Crippen molar-refractivity contribution < 1.29 is 16.8 Å². The monoisotopic (exact) mass is 494 g/mol. The zero-order valence-corrected chi connectivity index (χ0v) is 19.0. The molecule has 5 N–H and O–H groups in total. The molecule has 0 saturated carbocycles. The zero-order chi connectivity index (χ0) is 23.2. The fourth-order valence-electron chi connectivity index (χ4n) is 4.26. The summed E-state index contributed by atoms with van der Waals surface area (Å²) in [6.07, 6.45) is 2.96. The zero-order valence-electron chi connectivity index (χ0n) is 17.3. The molecule has 2 aromatic heterocycles. The first kappa shape index (κ1) is 21.9. The van der Waals surface area contributed by atoms with Crippen molar-refractivity contribution in [1.82, 2.24) is 40.4 Å². The lowest BCUT2D eigenvalue weighted by Gasteiger charge is -2.31. The summed E-state index contributed by atoms with van der Waals surface area (Å²) in [7, 11) is -8.78. The number of rotatable bonds is 6. The number of aromatic nitrogens is 6. The van der Waals surface area contributed by atoms with Crippen molar-refractivity contribution in [2.24, 2.45) is 5.14 Å². The second-order valence-corrected chi connectivity index (χ2v) is 11.0. The maximum atomic E-state index is 13.3. The number of aryl methyl sites for hydroxylation is 1. The third-order valence-electron chi connectivity index (χ3n) is 5.64. The van der Waals surface area contributed by atoms with Gasteiger partial charge in [-0.3, -0.25) is 0 Å². The van der Waals surface area contributed by atoms with Crippen molar-refractivity contribution in [1.29, 1.82) is 0 Å². The Balaban J connectivity index is 1.75. The summed E-state index contributed by atoms with van der Waals surface area (Å²) in [6.45, 7) is 2.34. The number of benzene rings is 1. The van der Waals surface area contributed by atoms with Crippen LogP contribution in [0.2, 0.25) is 0 Å². The number of anilines is 2. The van der Waals surface area contributed by atoms with Gasteiger partial charge in [-0.25, -0.2) is 31.4 Å². The minimum absolute atomic E-state index is 0.0479. The lowest BCUT2D eigenvalue weighted by molar-refractivity contribution is 0.541. The van der Waals surface area contributed by atoms with Gasteiger partial charge in [-0.2, -0.15) is 10.3 Å². The van der Waals surface area contributed by atoms with Crippen molar-refractivity contribution >= 4 is 31.6 Å². The van der Waals surface area contributed by atoms with Crippen LogP contribution < -0.4 is 20.1 Å². The van der Waals surface area contributed by atoms with Crippen LogP contribution in [0.15, 0.2) is 34.2 Å². The maximum Gasteiger partial charge on any atom is 0.242 e. The predicted molar refractivity (Wildman–Crippen MR) is 116 cm³/mol. The molecule has 33 heavy (non-hydrogen) atoms. The molecular formula is C17H22N10O4S2. The summed E-state index contributed by atoms with van der Waals surface area (Å²) in [6, 6.07) is 4.20. The molecule has 14 nitrogen and oxygen atoms in total. The van der Waals surface area contributed by atoms with Gasteiger partial charge in [-0.15, -0.1) is 10.2 Å². The number of H-pyrrole nitrogens is 1. The molecule has 1 fully saturated rings. The summed E-state index contributed by atoms with van der Waals surface area (Å²) in [5.74, 6) is 0.627. The van der Waals surface area contributed by atoms with E-state index in [-0.39, 0.29) is 17.4 Å². The number of sulfonamides is 2. The molecule has 0 unspecified atom stereocenters. The van der Waals surface area contributed by atoms with E-state index in [0.29, 0.717) is 38.3 Å². The molecule has 2 aliphatic rings. The molecule has 0 amide bonds. The Morgan fingerprint density at radius 1 is 1.15 bits per heavy atom. The Kier molecular flexibility index (Phi) is 5.40. The Hall–Kier alpha value is -2.92. The fraction of sp³-hybridized carbons (Fsp3) is 0.412. The molecule has 1 saturated heterocycles. The number of nitrogens with two attached hydrogens (primary N) is 1. The van der Waals surface area contributed by atoms with Crippen LogP contribution >= 0.6 is 0 Å². The van der Waals surface area contributed by atoms with E-state index in [9.17, 15) is 16.8 Å². The van der Waals surface area contributed by atoms with Crippen molar-refractivity contribution in [3.8, 4) is 11.4 Å². The van der Waals surface area contributed by atoms with Crippen LogP contribution in [0.4, 0.5) is 11.5 Å². The highest BCUT2D eigenvalue weighted by atomic mass is 32.2. The van der Waals surface area contributed by atoms with Gasteiger partial charge >= 0.3 is 0 Å². The molecule has 16 heteroatoms. The summed E-state index contributed by atoms with van der Waals surface area (Å²) < 4.78 is 56.6.